The summed E-state index contributed by atoms with van der Waals surface area (Å²) in [5, 5.41) is 8.13. The van der Waals surface area contributed by atoms with Crippen LogP contribution in [0.1, 0.15) is 44.5 Å². The molecule has 2 unspecified atom stereocenters. The molecule has 1 heterocycles. The van der Waals surface area contributed by atoms with Gasteiger partial charge in [-0.2, -0.15) is 5.10 Å². The lowest BCUT2D eigenvalue weighted by atomic mass is 9.91. The zero-order chi connectivity index (χ0) is 13.8. The van der Waals surface area contributed by atoms with Crippen molar-refractivity contribution in [1.29, 1.82) is 0 Å². The quantitative estimate of drug-likeness (QED) is 0.866. The van der Waals surface area contributed by atoms with Crippen molar-refractivity contribution in [2.24, 2.45) is 11.8 Å². The second kappa shape index (κ2) is 6.89. The summed E-state index contributed by atoms with van der Waals surface area (Å²) >= 11 is 3.72. The van der Waals surface area contributed by atoms with Crippen molar-refractivity contribution in [3.8, 4) is 0 Å². The molecule has 1 aromatic heterocycles. The molecule has 0 spiro atoms. The van der Waals surface area contributed by atoms with Crippen LogP contribution in [0.5, 0.6) is 0 Å². The molecule has 108 valence electrons. The van der Waals surface area contributed by atoms with Gasteiger partial charge in [0.25, 0.3) is 0 Å². The fourth-order valence-electron chi connectivity index (χ4n) is 3.29. The Labute approximate surface area is 125 Å². The van der Waals surface area contributed by atoms with Crippen molar-refractivity contribution in [3.05, 3.63) is 15.9 Å². The third-order valence-electron chi connectivity index (χ3n) is 4.38. The highest BCUT2D eigenvalue weighted by Crippen LogP contribution is 2.35. The Balaban J connectivity index is 2.07. The maximum absolute atomic E-state index is 4.61. The molecule has 1 fully saturated rings. The summed E-state index contributed by atoms with van der Waals surface area (Å²) in [6, 6.07) is 0. The zero-order valence-corrected chi connectivity index (χ0v) is 14.0. The number of hydrogen-bond acceptors (Lipinski definition) is 2. The first-order valence-corrected chi connectivity index (χ1v) is 8.39. The SMILES string of the molecule is CCNCC1CCCC1Cc1c(Br)c(C)nn1CC. The van der Waals surface area contributed by atoms with Gasteiger partial charge in [-0.1, -0.05) is 13.3 Å². The topological polar surface area (TPSA) is 29.9 Å². The Kier molecular flexibility index (Phi) is 5.46. The van der Waals surface area contributed by atoms with Crippen molar-refractivity contribution in [1.82, 2.24) is 15.1 Å². The van der Waals surface area contributed by atoms with E-state index < -0.39 is 0 Å². The average Bonchev–Trinajstić information content (AvgIpc) is 2.96. The molecule has 4 heteroatoms. The Bertz CT molecular complexity index is 414. The minimum atomic E-state index is 0.816. The number of hydrogen-bond donors (Lipinski definition) is 1. The summed E-state index contributed by atoms with van der Waals surface area (Å²) < 4.78 is 3.39. The highest BCUT2D eigenvalue weighted by molar-refractivity contribution is 9.10. The first-order chi connectivity index (χ1) is 9.17. The fourth-order valence-corrected chi connectivity index (χ4v) is 3.74. The van der Waals surface area contributed by atoms with E-state index >= 15 is 0 Å². The van der Waals surface area contributed by atoms with Crippen LogP contribution in [0.3, 0.4) is 0 Å². The number of rotatable bonds is 6. The lowest BCUT2D eigenvalue weighted by molar-refractivity contribution is 0.359. The molecule has 0 radical (unpaired) electrons. The third kappa shape index (κ3) is 3.40. The molecule has 0 aromatic carbocycles. The molecular formula is C15H26BrN3. The molecule has 1 aromatic rings. The van der Waals surface area contributed by atoms with Gasteiger partial charge in [0.15, 0.2) is 0 Å². The maximum Gasteiger partial charge on any atom is 0.0738 e. The Morgan fingerprint density at radius 2 is 2.05 bits per heavy atom. The summed E-state index contributed by atoms with van der Waals surface area (Å²) in [7, 11) is 0. The number of aromatic nitrogens is 2. The van der Waals surface area contributed by atoms with Gasteiger partial charge in [0, 0.05) is 6.54 Å². The van der Waals surface area contributed by atoms with Crippen molar-refractivity contribution in [2.45, 2.75) is 53.0 Å². The van der Waals surface area contributed by atoms with Crippen LogP contribution in [0.2, 0.25) is 0 Å². The van der Waals surface area contributed by atoms with Crippen LogP contribution in [-0.4, -0.2) is 22.9 Å². The van der Waals surface area contributed by atoms with Crippen molar-refractivity contribution < 1.29 is 0 Å². The van der Waals surface area contributed by atoms with Crippen LogP contribution >= 0.6 is 15.9 Å². The predicted octanol–water partition coefficient (Wildman–Crippen LogP) is 3.54. The van der Waals surface area contributed by atoms with Crippen LogP contribution < -0.4 is 5.32 Å². The first-order valence-electron chi connectivity index (χ1n) is 7.59. The van der Waals surface area contributed by atoms with E-state index in [9.17, 15) is 0 Å². The molecule has 0 saturated heterocycles. The van der Waals surface area contributed by atoms with E-state index in [0.29, 0.717) is 0 Å². The van der Waals surface area contributed by atoms with Gasteiger partial charge in [-0.25, -0.2) is 0 Å². The van der Waals surface area contributed by atoms with Crippen molar-refractivity contribution >= 4 is 15.9 Å². The molecule has 0 aliphatic heterocycles. The van der Waals surface area contributed by atoms with Crippen LogP contribution in [0.15, 0.2) is 4.47 Å². The van der Waals surface area contributed by atoms with Gasteiger partial charge in [-0.15, -0.1) is 0 Å². The number of nitrogens with one attached hydrogen (secondary N) is 1. The number of halogens is 1. The largest absolute Gasteiger partial charge is 0.317 e. The molecular weight excluding hydrogens is 302 g/mol. The molecule has 0 bridgehead atoms. The molecule has 1 aliphatic rings. The summed E-state index contributed by atoms with van der Waals surface area (Å²) in [5.41, 5.74) is 2.52. The molecule has 1 N–H and O–H groups in total. The van der Waals surface area contributed by atoms with Crippen LogP contribution in [0, 0.1) is 18.8 Å². The van der Waals surface area contributed by atoms with Gasteiger partial charge in [-0.3, -0.25) is 4.68 Å². The average molecular weight is 328 g/mol. The monoisotopic (exact) mass is 327 g/mol. The van der Waals surface area contributed by atoms with Gasteiger partial charge in [0.1, 0.15) is 0 Å². The number of nitrogens with zero attached hydrogens (tertiary/aromatic N) is 2. The first kappa shape index (κ1) is 15.0. The second-order valence-electron chi connectivity index (χ2n) is 5.62. The van der Waals surface area contributed by atoms with E-state index in [1.165, 1.54) is 42.4 Å². The van der Waals surface area contributed by atoms with Crippen LogP contribution in [0.4, 0.5) is 0 Å². The maximum atomic E-state index is 4.61. The Morgan fingerprint density at radius 1 is 1.32 bits per heavy atom. The standard InChI is InChI=1S/C15H26BrN3/c1-4-17-10-13-8-6-7-12(13)9-14-15(16)11(3)18-19(14)5-2/h12-13,17H,4-10H2,1-3H3. The van der Waals surface area contributed by atoms with E-state index in [-0.39, 0.29) is 0 Å². The van der Waals surface area contributed by atoms with Crippen LogP contribution in [-0.2, 0) is 13.0 Å². The fraction of sp³-hybridized carbons (Fsp3) is 0.800. The van der Waals surface area contributed by atoms with E-state index in [1.54, 1.807) is 0 Å². The van der Waals surface area contributed by atoms with E-state index in [0.717, 1.165) is 30.6 Å². The van der Waals surface area contributed by atoms with Crippen molar-refractivity contribution in [2.75, 3.05) is 13.1 Å². The second-order valence-corrected chi connectivity index (χ2v) is 6.42. The Hall–Kier alpha value is -0.350. The summed E-state index contributed by atoms with van der Waals surface area (Å²) in [4.78, 5) is 0. The van der Waals surface area contributed by atoms with Gasteiger partial charge in [-0.05, 0) is 74.0 Å². The summed E-state index contributed by atoms with van der Waals surface area (Å²) in [6.45, 7) is 9.68. The lowest BCUT2D eigenvalue weighted by Gasteiger charge is -2.20. The van der Waals surface area contributed by atoms with Gasteiger partial charge in [0.2, 0.25) is 0 Å². The molecule has 2 rings (SSSR count). The minimum Gasteiger partial charge on any atom is -0.317 e. The molecule has 1 aliphatic carbocycles. The van der Waals surface area contributed by atoms with Gasteiger partial charge in [0.05, 0.1) is 15.9 Å². The van der Waals surface area contributed by atoms with Gasteiger partial charge >= 0.3 is 0 Å². The molecule has 2 atom stereocenters. The highest BCUT2D eigenvalue weighted by Gasteiger charge is 2.29. The van der Waals surface area contributed by atoms with Crippen molar-refractivity contribution in [3.63, 3.8) is 0 Å². The summed E-state index contributed by atoms with van der Waals surface area (Å²) in [5.74, 6) is 1.66. The molecule has 0 amide bonds. The molecule has 1 saturated carbocycles. The van der Waals surface area contributed by atoms with E-state index in [4.69, 9.17) is 0 Å². The predicted molar refractivity (Wildman–Crippen MR) is 83.4 cm³/mol. The molecule has 3 nitrogen and oxygen atoms in total. The lowest BCUT2D eigenvalue weighted by Crippen LogP contribution is -2.26. The zero-order valence-electron chi connectivity index (χ0n) is 12.4. The normalized spacial score (nSPS) is 23.2. The number of aryl methyl sites for hydroxylation is 2. The highest BCUT2D eigenvalue weighted by atomic mass is 79.9. The van der Waals surface area contributed by atoms with E-state index in [2.05, 4.69) is 51.8 Å². The Morgan fingerprint density at radius 3 is 2.74 bits per heavy atom. The van der Waals surface area contributed by atoms with Gasteiger partial charge < -0.3 is 5.32 Å². The van der Waals surface area contributed by atoms with E-state index in [1.807, 2.05) is 0 Å². The summed E-state index contributed by atoms with van der Waals surface area (Å²) in [6.07, 6.45) is 5.31. The minimum absolute atomic E-state index is 0.816. The van der Waals surface area contributed by atoms with Crippen LogP contribution in [0.25, 0.3) is 0 Å². The third-order valence-corrected chi connectivity index (χ3v) is 5.41. The smallest absolute Gasteiger partial charge is 0.0738 e. The molecule has 19 heavy (non-hydrogen) atoms.